The Morgan fingerprint density at radius 2 is 2.06 bits per heavy atom. The molecule has 0 saturated carbocycles. The van der Waals surface area contributed by atoms with Gasteiger partial charge >= 0.3 is 0 Å². The molecular weight excluding hydrogens is 336 g/mol. The number of hydrogen-bond donors (Lipinski definition) is 0. The number of rotatable bonds is 2. The van der Waals surface area contributed by atoms with Crippen LogP contribution in [0.25, 0.3) is 11.4 Å². The Hall–Kier alpha value is -0.810. The molecule has 0 aliphatic rings. The molecule has 2 rings (SSSR count). The highest BCUT2D eigenvalue weighted by atomic mass is 79.9. The van der Waals surface area contributed by atoms with Gasteiger partial charge in [-0.05, 0) is 28.1 Å². The quantitative estimate of drug-likeness (QED) is 0.831. The van der Waals surface area contributed by atoms with E-state index in [0.29, 0.717) is 0 Å². The summed E-state index contributed by atoms with van der Waals surface area (Å²) in [7, 11) is 3.61. The fourth-order valence-electron chi connectivity index (χ4n) is 1.56. The fourth-order valence-corrected chi connectivity index (χ4v) is 2.95. The van der Waals surface area contributed by atoms with Crippen LogP contribution in [0.15, 0.2) is 33.5 Å². The number of aromatic nitrogens is 2. The van der Waals surface area contributed by atoms with Crippen LogP contribution in [-0.4, -0.2) is 16.7 Å². The molecule has 1 aromatic carbocycles. The van der Waals surface area contributed by atoms with Gasteiger partial charge in [-0.3, -0.25) is 0 Å². The number of nitrogens with zero attached hydrogens (tertiary/aromatic N) is 2. The molecule has 0 fully saturated rings. The molecule has 5 heteroatoms. The molecule has 0 aliphatic heterocycles. The van der Waals surface area contributed by atoms with E-state index < -0.39 is 0 Å². The maximum atomic E-state index is 5.39. The van der Waals surface area contributed by atoms with Crippen molar-refractivity contribution in [2.24, 2.45) is 7.05 Å². The Bertz CT molecular complexity index is 523. The minimum Gasteiger partial charge on any atom is -0.495 e. The molecule has 0 unspecified atom stereocenters. The molecule has 1 heterocycles. The summed E-state index contributed by atoms with van der Waals surface area (Å²) in [5, 5.41) is 0. The zero-order chi connectivity index (χ0) is 11.7. The summed E-state index contributed by atoms with van der Waals surface area (Å²) in [6, 6.07) is 3.94. The average molecular weight is 346 g/mol. The summed E-state index contributed by atoms with van der Waals surface area (Å²) < 4.78 is 9.23. The highest BCUT2D eigenvalue weighted by molar-refractivity contribution is 9.11. The first-order valence-corrected chi connectivity index (χ1v) is 6.23. The number of aryl methyl sites for hydroxylation is 1. The largest absolute Gasteiger partial charge is 0.495 e. The molecule has 84 valence electrons. The van der Waals surface area contributed by atoms with E-state index in [1.54, 1.807) is 13.3 Å². The molecule has 0 aliphatic carbocycles. The number of ether oxygens (including phenoxy) is 1. The maximum Gasteiger partial charge on any atom is 0.144 e. The van der Waals surface area contributed by atoms with Gasteiger partial charge in [-0.15, -0.1) is 0 Å². The van der Waals surface area contributed by atoms with Crippen molar-refractivity contribution in [1.82, 2.24) is 9.55 Å². The molecule has 0 saturated heterocycles. The summed E-state index contributed by atoms with van der Waals surface area (Å²) >= 11 is 6.94. The van der Waals surface area contributed by atoms with Crippen LogP contribution >= 0.6 is 31.9 Å². The van der Waals surface area contributed by atoms with Crippen LogP contribution < -0.4 is 4.74 Å². The van der Waals surface area contributed by atoms with Crippen molar-refractivity contribution in [2.45, 2.75) is 0 Å². The number of halogens is 2. The minimum atomic E-state index is 0.789. The normalized spacial score (nSPS) is 10.5. The topological polar surface area (TPSA) is 27.1 Å². The zero-order valence-electron chi connectivity index (χ0n) is 8.87. The highest BCUT2D eigenvalue weighted by Gasteiger charge is 2.14. The predicted molar refractivity (Wildman–Crippen MR) is 70.6 cm³/mol. The van der Waals surface area contributed by atoms with Crippen molar-refractivity contribution in [1.29, 1.82) is 0 Å². The Morgan fingerprint density at radius 3 is 2.62 bits per heavy atom. The lowest BCUT2D eigenvalue weighted by molar-refractivity contribution is 0.413. The van der Waals surface area contributed by atoms with Crippen LogP contribution in [0.3, 0.4) is 0 Å². The van der Waals surface area contributed by atoms with Crippen LogP contribution in [0.1, 0.15) is 0 Å². The molecule has 0 bridgehead atoms. The fraction of sp³-hybridized carbons (Fsp3) is 0.182. The molecule has 0 N–H and O–H groups in total. The van der Waals surface area contributed by atoms with Crippen molar-refractivity contribution in [3.05, 3.63) is 33.5 Å². The van der Waals surface area contributed by atoms with Crippen LogP contribution in [0.5, 0.6) is 5.75 Å². The lowest BCUT2D eigenvalue weighted by Crippen LogP contribution is -1.95. The van der Waals surface area contributed by atoms with E-state index in [1.165, 1.54) is 0 Å². The van der Waals surface area contributed by atoms with Gasteiger partial charge in [-0.25, -0.2) is 4.98 Å². The smallest absolute Gasteiger partial charge is 0.144 e. The van der Waals surface area contributed by atoms with Gasteiger partial charge in [0.25, 0.3) is 0 Å². The van der Waals surface area contributed by atoms with Gasteiger partial charge in [-0.1, -0.05) is 15.9 Å². The Labute approximate surface area is 111 Å². The first-order valence-electron chi connectivity index (χ1n) is 4.64. The molecule has 0 spiro atoms. The number of imidazole rings is 1. The number of methoxy groups -OCH3 is 1. The minimum absolute atomic E-state index is 0.789. The van der Waals surface area contributed by atoms with E-state index in [9.17, 15) is 0 Å². The Kier molecular flexibility index (Phi) is 3.35. The van der Waals surface area contributed by atoms with Crippen LogP contribution in [0.2, 0.25) is 0 Å². The molecule has 2 aromatic rings. The number of benzene rings is 1. The van der Waals surface area contributed by atoms with E-state index in [1.807, 2.05) is 29.9 Å². The molecular formula is C11H10Br2N2O. The monoisotopic (exact) mass is 344 g/mol. The van der Waals surface area contributed by atoms with Gasteiger partial charge < -0.3 is 9.30 Å². The van der Waals surface area contributed by atoms with E-state index in [4.69, 9.17) is 4.74 Å². The maximum absolute atomic E-state index is 5.39. The van der Waals surface area contributed by atoms with E-state index in [-0.39, 0.29) is 0 Å². The summed E-state index contributed by atoms with van der Waals surface area (Å²) in [6.45, 7) is 0. The second-order valence-corrected chi connectivity index (χ2v) is 5.10. The predicted octanol–water partition coefficient (Wildman–Crippen LogP) is 3.62. The molecule has 0 radical (unpaired) electrons. The summed E-state index contributed by atoms with van der Waals surface area (Å²) in [6.07, 6.45) is 3.67. The molecule has 0 amide bonds. The standard InChI is InChI=1S/C11H10Br2N2O/c1-15-4-3-14-11(15)8-5-7(12)6-9(13)10(8)16-2/h3-6H,1-2H3. The van der Waals surface area contributed by atoms with Crippen LogP contribution in [0, 0.1) is 0 Å². The van der Waals surface area contributed by atoms with E-state index >= 15 is 0 Å². The lowest BCUT2D eigenvalue weighted by atomic mass is 10.2. The second kappa shape index (κ2) is 4.59. The van der Waals surface area contributed by atoms with Gasteiger partial charge in [0, 0.05) is 23.9 Å². The van der Waals surface area contributed by atoms with Crippen molar-refractivity contribution >= 4 is 31.9 Å². The van der Waals surface area contributed by atoms with Crippen molar-refractivity contribution in [3.63, 3.8) is 0 Å². The molecule has 16 heavy (non-hydrogen) atoms. The third-order valence-corrected chi connectivity index (χ3v) is 3.32. The zero-order valence-corrected chi connectivity index (χ0v) is 12.0. The average Bonchev–Trinajstić information content (AvgIpc) is 2.63. The Balaban J connectivity index is 2.68. The van der Waals surface area contributed by atoms with Gasteiger partial charge in [-0.2, -0.15) is 0 Å². The third-order valence-electron chi connectivity index (χ3n) is 2.27. The van der Waals surface area contributed by atoms with Crippen LogP contribution in [0.4, 0.5) is 0 Å². The molecule has 3 nitrogen and oxygen atoms in total. The summed E-state index contributed by atoms with van der Waals surface area (Å²) in [5.74, 6) is 1.66. The van der Waals surface area contributed by atoms with Gasteiger partial charge in [0.15, 0.2) is 0 Å². The second-order valence-electron chi connectivity index (χ2n) is 3.33. The van der Waals surface area contributed by atoms with Crippen LogP contribution in [-0.2, 0) is 7.05 Å². The first kappa shape index (κ1) is 11.7. The van der Waals surface area contributed by atoms with Gasteiger partial charge in [0.2, 0.25) is 0 Å². The SMILES string of the molecule is COc1c(Br)cc(Br)cc1-c1nccn1C. The van der Waals surface area contributed by atoms with E-state index in [0.717, 1.165) is 26.1 Å². The third kappa shape index (κ3) is 2.01. The first-order chi connectivity index (χ1) is 7.63. The van der Waals surface area contributed by atoms with Crippen molar-refractivity contribution < 1.29 is 4.74 Å². The molecule has 1 aromatic heterocycles. The number of hydrogen-bond acceptors (Lipinski definition) is 2. The van der Waals surface area contributed by atoms with Gasteiger partial charge in [0.05, 0.1) is 17.1 Å². The summed E-state index contributed by atoms with van der Waals surface area (Å²) in [4.78, 5) is 4.32. The van der Waals surface area contributed by atoms with Crippen molar-refractivity contribution in [2.75, 3.05) is 7.11 Å². The van der Waals surface area contributed by atoms with E-state index in [2.05, 4.69) is 36.8 Å². The van der Waals surface area contributed by atoms with Gasteiger partial charge in [0.1, 0.15) is 11.6 Å². The van der Waals surface area contributed by atoms with Crippen molar-refractivity contribution in [3.8, 4) is 17.1 Å². The highest BCUT2D eigenvalue weighted by Crippen LogP contribution is 2.38. The molecule has 0 atom stereocenters. The lowest BCUT2D eigenvalue weighted by Gasteiger charge is -2.11. The summed E-state index contributed by atoms with van der Waals surface area (Å²) in [5.41, 5.74) is 0.955. The Morgan fingerprint density at radius 1 is 1.31 bits per heavy atom.